The number of rotatable bonds is 5. The Labute approximate surface area is 207 Å². The molecule has 2 aromatic carbocycles. The van der Waals surface area contributed by atoms with Crippen molar-refractivity contribution in [3.8, 4) is 33.8 Å². The molecule has 36 heavy (non-hydrogen) atoms. The Morgan fingerprint density at radius 2 is 1.78 bits per heavy atom. The molecule has 182 valence electrons. The SMILES string of the molecule is CS(=O)(=O)N1CC[C@H](n2cc(-c3ncnc4oc(-c5ccccc5)cc34)c(-c3ccc(F)cc3)n2)C1. The molecule has 1 fully saturated rings. The highest BCUT2D eigenvalue weighted by Crippen LogP contribution is 2.38. The van der Waals surface area contributed by atoms with E-state index in [1.165, 1.54) is 29.0 Å². The number of hydrogen-bond acceptors (Lipinski definition) is 6. The molecule has 0 radical (unpaired) electrons. The normalized spacial score (nSPS) is 16.7. The Morgan fingerprint density at radius 1 is 1.00 bits per heavy atom. The third-order valence-electron chi connectivity index (χ3n) is 6.46. The summed E-state index contributed by atoms with van der Waals surface area (Å²) in [4.78, 5) is 8.90. The van der Waals surface area contributed by atoms with E-state index in [2.05, 4.69) is 9.97 Å². The lowest BCUT2D eigenvalue weighted by molar-refractivity contribution is 0.438. The van der Waals surface area contributed by atoms with Crippen LogP contribution in [0.2, 0.25) is 0 Å². The van der Waals surface area contributed by atoms with E-state index < -0.39 is 10.0 Å². The summed E-state index contributed by atoms with van der Waals surface area (Å²) in [5.74, 6) is 0.328. The molecule has 1 aliphatic rings. The van der Waals surface area contributed by atoms with Crippen LogP contribution in [0.4, 0.5) is 4.39 Å². The Balaban J connectivity index is 1.49. The van der Waals surface area contributed by atoms with Crippen molar-refractivity contribution in [2.45, 2.75) is 12.5 Å². The van der Waals surface area contributed by atoms with Crippen LogP contribution < -0.4 is 0 Å². The molecule has 0 saturated carbocycles. The molecule has 3 aromatic heterocycles. The van der Waals surface area contributed by atoms with Gasteiger partial charge in [0.1, 0.15) is 23.6 Å². The van der Waals surface area contributed by atoms with Crippen molar-refractivity contribution < 1.29 is 17.2 Å². The van der Waals surface area contributed by atoms with E-state index in [9.17, 15) is 12.8 Å². The van der Waals surface area contributed by atoms with Crippen molar-refractivity contribution in [3.05, 3.63) is 79.0 Å². The van der Waals surface area contributed by atoms with Crippen molar-refractivity contribution in [2.75, 3.05) is 19.3 Å². The molecule has 1 saturated heterocycles. The van der Waals surface area contributed by atoms with Crippen LogP contribution in [0, 0.1) is 5.82 Å². The van der Waals surface area contributed by atoms with Gasteiger partial charge in [-0.05, 0) is 36.8 Å². The minimum atomic E-state index is -3.29. The predicted octanol–water partition coefficient (Wildman–Crippen LogP) is 4.77. The van der Waals surface area contributed by atoms with Crippen LogP contribution in [0.1, 0.15) is 12.5 Å². The number of sulfonamides is 1. The predicted molar refractivity (Wildman–Crippen MR) is 134 cm³/mol. The minimum absolute atomic E-state index is 0.130. The zero-order valence-electron chi connectivity index (χ0n) is 19.4. The summed E-state index contributed by atoms with van der Waals surface area (Å²) in [7, 11) is -3.29. The molecule has 0 unspecified atom stereocenters. The molecule has 4 heterocycles. The summed E-state index contributed by atoms with van der Waals surface area (Å²) < 4.78 is 47.1. The lowest BCUT2D eigenvalue weighted by atomic mass is 10.0. The van der Waals surface area contributed by atoms with Crippen LogP contribution in [0.15, 0.2) is 77.6 Å². The van der Waals surface area contributed by atoms with Crippen LogP contribution >= 0.6 is 0 Å². The van der Waals surface area contributed by atoms with Gasteiger partial charge in [0, 0.05) is 36.0 Å². The highest BCUT2D eigenvalue weighted by Gasteiger charge is 2.31. The van der Waals surface area contributed by atoms with Gasteiger partial charge in [0.2, 0.25) is 15.7 Å². The van der Waals surface area contributed by atoms with E-state index in [4.69, 9.17) is 9.52 Å². The number of nitrogens with zero attached hydrogens (tertiary/aromatic N) is 5. The molecule has 0 spiro atoms. The number of aromatic nitrogens is 4. The van der Waals surface area contributed by atoms with Crippen molar-refractivity contribution in [2.24, 2.45) is 0 Å². The Bertz CT molecular complexity index is 1660. The molecule has 0 bridgehead atoms. The van der Waals surface area contributed by atoms with E-state index >= 15 is 0 Å². The third kappa shape index (κ3) is 4.08. The van der Waals surface area contributed by atoms with Crippen molar-refractivity contribution in [1.29, 1.82) is 0 Å². The Hall–Kier alpha value is -3.89. The summed E-state index contributed by atoms with van der Waals surface area (Å²) in [6.45, 7) is 0.774. The second kappa shape index (κ2) is 8.65. The zero-order chi connectivity index (χ0) is 24.9. The standard InChI is InChI=1S/C26H22FN5O3S/c1-36(33,34)31-12-11-20(14-31)32-15-22(24(30-32)18-7-9-19(27)10-8-18)25-21-13-23(17-5-3-2-4-6-17)35-26(21)29-16-28-25/h2-10,13,15-16,20H,11-12,14H2,1H3/t20-/m0/s1. The van der Waals surface area contributed by atoms with Gasteiger partial charge >= 0.3 is 0 Å². The molecule has 0 N–H and O–H groups in total. The summed E-state index contributed by atoms with van der Waals surface area (Å²) in [5, 5.41) is 5.56. The number of halogens is 1. The smallest absolute Gasteiger partial charge is 0.230 e. The molecule has 1 atom stereocenters. The Kier molecular flexibility index (Phi) is 5.42. The van der Waals surface area contributed by atoms with Crippen LogP contribution in [-0.4, -0.2) is 51.8 Å². The van der Waals surface area contributed by atoms with Crippen molar-refractivity contribution in [3.63, 3.8) is 0 Å². The van der Waals surface area contributed by atoms with Gasteiger partial charge in [0.05, 0.1) is 23.4 Å². The summed E-state index contributed by atoms with van der Waals surface area (Å²) >= 11 is 0. The van der Waals surface area contributed by atoms with Crippen molar-refractivity contribution >= 4 is 21.1 Å². The molecular weight excluding hydrogens is 481 g/mol. The molecule has 1 aliphatic heterocycles. The first-order valence-corrected chi connectivity index (χ1v) is 13.3. The lowest BCUT2D eigenvalue weighted by Gasteiger charge is -2.13. The molecule has 0 aliphatic carbocycles. The summed E-state index contributed by atoms with van der Waals surface area (Å²) in [5.41, 5.74) is 4.07. The van der Waals surface area contributed by atoms with Gasteiger partial charge in [-0.1, -0.05) is 30.3 Å². The van der Waals surface area contributed by atoms with Gasteiger partial charge in [-0.3, -0.25) is 4.68 Å². The van der Waals surface area contributed by atoms with Gasteiger partial charge in [-0.15, -0.1) is 0 Å². The van der Waals surface area contributed by atoms with Crippen LogP contribution in [-0.2, 0) is 10.0 Å². The van der Waals surface area contributed by atoms with E-state index in [0.29, 0.717) is 42.4 Å². The Morgan fingerprint density at radius 3 is 2.50 bits per heavy atom. The van der Waals surface area contributed by atoms with Gasteiger partial charge in [-0.25, -0.2) is 22.8 Å². The van der Waals surface area contributed by atoms with Gasteiger partial charge < -0.3 is 4.42 Å². The third-order valence-corrected chi connectivity index (χ3v) is 7.73. The van der Waals surface area contributed by atoms with E-state index in [0.717, 1.165) is 22.1 Å². The van der Waals surface area contributed by atoms with E-state index in [1.54, 1.807) is 16.8 Å². The van der Waals surface area contributed by atoms with Gasteiger partial charge in [-0.2, -0.15) is 9.40 Å². The fourth-order valence-electron chi connectivity index (χ4n) is 4.62. The maximum Gasteiger partial charge on any atom is 0.230 e. The molecule has 0 amide bonds. The van der Waals surface area contributed by atoms with Crippen LogP contribution in [0.5, 0.6) is 0 Å². The van der Waals surface area contributed by atoms with E-state index in [-0.39, 0.29) is 11.9 Å². The fraction of sp³-hybridized carbons (Fsp3) is 0.192. The topological polar surface area (TPSA) is 94.1 Å². The van der Waals surface area contributed by atoms with Crippen LogP contribution in [0.3, 0.4) is 0 Å². The zero-order valence-corrected chi connectivity index (χ0v) is 20.2. The molecule has 8 nitrogen and oxygen atoms in total. The molecule has 6 rings (SSSR count). The second-order valence-electron chi connectivity index (χ2n) is 8.86. The average Bonchev–Trinajstić information content (AvgIpc) is 3.62. The summed E-state index contributed by atoms with van der Waals surface area (Å²) in [6, 6.07) is 17.6. The molecular formula is C26H22FN5O3S. The first kappa shape index (κ1) is 22.6. The lowest BCUT2D eigenvalue weighted by Crippen LogP contribution is -2.28. The number of fused-ring (bicyclic) bond motifs is 1. The molecule has 10 heteroatoms. The highest BCUT2D eigenvalue weighted by molar-refractivity contribution is 7.88. The quantitative estimate of drug-likeness (QED) is 0.343. The second-order valence-corrected chi connectivity index (χ2v) is 10.8. The van der Waals surface area contributed by atoms with Crippen molar-refractivity contribution in [1.82, 2.24) is 24.1 Å². The highest BCUT2D eigenvalue weighted by atomic mass is 32.2. The number of benzene rings is 2. The summed E-state index contributed by atoms with van der Waals surface area (Å²) in [6.07, 6.45) is 5.18. The maximum atomic E-state index is 13.7. The van der Waals surface area contributed by atoms with E-state index in [1.807, 2.05) is 42.6 Å². The van der Waals surface area contributed by atoms with Gasteiger partial charge in [0.15, 0.2) is 0 Å². The molecule has 5 aromatic rings. The minimum Gasteiger partial charge on any atom is -0.438 e. The number of hydrogen-bond donors (Lipinski definition) is 0. The monoisotopic (exact) mass is 503 g/mol. The first-order chi connectivity index (χ1) is 17.4. The maximum absolute atomic E-state index is 13.7. The van der Waals surface area contributed by atoms with Crippen LogP contribution in [0.25, 0.3) is 44.9 Å². The fourth-order valence-corrected chi connectivity index (χ4v) is 5.50. The van der Waals surface area contributed by atoms with Gasteiger partial charge in [0.25, 0.3) is 0 Å². The average molecular weight is 504 g/mol. The first-order valence-electron chi connectivity index (χ1n) is 11.5. The largest absolute Gasteiger partial charge is 0.438 e. The number of furan rings is 1.